The Morgan fingerprint density at radius 2 is 1.75 bits per heavy atom. The van der Waals surface area contributed by atoms with Crippen LogP contribution in [-0.4, -0.2) is 17.3 Å². The molecule has 0 saturated heterocycles. The molecule has 4 nitrogen and oxygen atoms in total. The standard InChI is InChI=1S/C26H37N3O.C2H6/c1-5-22-17-23(13-12-19(22)3)25(15-14-24(27)18-29(28)6-2)20(4)26(30)16-21-10-8-7-9-11-21;1-2/h7-13,17-18,20,25H,5-6,14-16,27-28H2,1-4H3;1-2H3/b24-18-;. The average Bonchev–Trinajstić information content (AvgIpc) is 2.81. The molecule has 0 bridgehead atoms. The van der Waals surface area contributed by atoms with E-state index < -0.39 is 0 Å². The second-order valence-corrected chi connectivity index (χ2v) is 8.14. The zero-order chi connectivity index (χ0) is 24.1. The zero-order valence-electron chi connectivity index (χ0n) is 20.9. The SMILES string of the molecule is CC.CCc1cc(C(CC/C(N)=C/N(N)CC)C(C)C(=O)Cc2ccccc2)ccc1C. The predicted octanol–water partition coefficient (Wildman–Crippen LogP) is 5.89. The molecule has 176 valence electrons. The van der Waals surface area contributed by atoms with Crippen LogP contribution in [-0.2, 0) is 17.6 Å². The summed E-state index contributed by atoms with van der Waals surface area (Å²) in [5.41, 5.74) is 11.9. The number of benzene rings is 2. The van der Waals surface area contributed by atoms with Gasteiger partial charge in [0.2, 0.25) is 0 Å². The minimum atomic E-state index is -0.0921. The lowest BCUT2D eigenvalue weighted by Gasteiger charge is -2.25. The highest BCUT2D eigenvalue weighted by Crippen LogP contribution is 2.33. The Morgan fingerprint density at radius 1 is 1.09 bits per heavy atom. The van der Waals surface area contributed by atoms with Crippen molar-refractivity contribution in [3.8, 4) is 0 Å². The summed E-state index contributed by atoms with van der Waals surface area (Å²) in [6, 6.07) is 16.6. The number of aryl methyl sites for hydroxylation is 2. The highest BCUT2D eigenvalue weighted by molar-refractivity contribution is 5.83. The highest BCUT2D eigenvalue weighted by Gasteiger charge is 2.26. The fourth-order valence-corrected chi connectivity index (χ4v) is 3.88. The number of carbonyl (C=O) groups excluding carboxylic acids is 1. The molecule has 0 aliphatic heterocycles. The van der Waals surface area contributed by atoms with E-state index in [2.05, 4.69) is 39.0 Å². The van der Waals surface area contributed by atoms with E-state index in [-0.39, 0.29) is 17.6 Å². The number of Topliss-reactive ketones (excluding diaryl/α,β-unsaturated/α-hetero) is 1. The van der Waals surface area contributed by atoms with Gasteiger partial charge in [-0.15, -0.1) is 0 Å². The summed E-state index contributed by atoms with van der Waals surface area (Å²) in [5, 5.41) is 1.59. The second kappa shape index (κ2) is 14.5. The van der Waals surface area contributed by atoms with Gasteiger partial charge in [-0.2, -0.15) is 0 Å². The van der Waals surface area contributed by atoms with E-state index in [1.807, 2.05) is 51.1 Å². The number of ketones is 1. The number of hydrogen-bond acceptors (Lipinski definition) is 4. The first kappa shape index (κ1) is 27.4. The summed E-state index contributed by atoms with van der Waals surface area (Å²) in [5.74, 6) is 6.15. The summed E-state index contributed by atoms with van der Waals surface area (Å²) in [6.45, 7) is 13.1. The van der Waals surface area contributed by atoms with Gasteiger partial charge in [0.05, 0.1) is 0 Å². The van der Waals surface area contributed by atoms with Gasteiger partial charge < -0.3 is 10.7 Å². The van der Waals surface area contributed by atoms with Gasteiger partial charge in [0.25, 0.3) is 0 Å². The molecule has 2 aromatic rings. The van der Waals surface area contributed by atoms with Crippen LogP contribution in [0.5, 0.6) is 0 Å². The summed E-state index contributed by atoms with van der Waals surface area (Å²) in [7, 11) is 0. The van der Waals surface area contributed by atoms with Crippen LogP contribution in [0.25, 0.3) is 0 Å². The van der Waals surface area contributed by atoms with E-state index >= 15 is 0 Å². The molecule has 2 rings (SSSR count). The van der Waals surface area contributed by atoms with Gasteiger partial charge in [0, 0.05) is 30.8 Å². The molecule has 0 aliphatic rings. The maximum atomic E-state index is 13.1. The van der Waals surface area contributed by atoms with E-state index in [0.29, 0.717) is 19.4 Å². The van der Waals surface area contributed by atoms with E-state index in [9.17, 15) is 4.79 Å². The molecular formula is C28H43N3O. The number of hydrazine groups is 1. The van der Waals surface area contributed by atoms with Crippen LogP contribution in [0.1, 0.15) is 75.6 Å². The number of carbonyl (C=O) groups is 1. The normalized spacial score (nSPS) is 13.0. The van der Waals surface area contributed by atoms with Crippen molar-refractivity contribution >= 4 is 5.78 Å². The smallest absolute Gasteiger partial charge is 0.140 e. The molecule has 0 heterocycles. The maximum absolute atomic E-state index is 13.1. The fraction of sp³-hybridized carbons (Fsp3) is 0.464. The maximum Gasteiger partial charge on any atom is 0.140 e. The molecule has 0 saturated carbocycles. The number of nitrogens with zero attached hydrogens (tertiary/aromatic N) is 1. The molecule has 2 aromatic carbocycles. The number of hydrogen-bond donors (Lipinski definition) is 2. The van der Waals surface area contributed by atoms with Gasteiger partial charge in [-0.1, -0.05) is 76.2 Å². The molecule has 32 heavy (non-hydrogen) atoms. The first-order valence-electron chi connectivity index (χ1n) is 12.0. The minimum absolute atomic E-state index is 0.0921. The average molecular weight is 438 g/mol. The molecule has 4 N–H and O–H groups in total. The Kier molecular flexibility index (Phi) is 12.4. The van der Waals surface area contributed by atoms with E-state index in [1.54, 1.807) is 11.2 Å². The van der Waals surface area contributed by atoms with Crippen molar-refractivity contribution in [1.29, 1.82) is 0 Å². The largest absolute Gasteiger partial charge is 0.401 e. The van der Waals surface area contributed by atoms with E-state index in [4.69, 9.17) is 11.6 Å². The zero-order valence-corrected chi connectivity index (χ0v) is 20.9. The summed E-state index contributed by atoms with van der Waals surface area (Å²) >= 11 is 0. The number of allylic oxidation sites excluding steroid dienone is 1. The Balaban J connectivity index is 0.00000249. The number of nitrogens with two attached hydrogens (primary N) is 2. The van der Waals surface area contributed by atoms with Crippen LogP contribution >= 0.6 is 0 Å². The van der Waals surface area contributed by atoms with Gasteiger partial charge >= 0.3 is 0 Å². The number of rotatable bonds is 11. The van der Waals surface area contributed by atoms with Gasteiger partial charge in [-0.25, -0.2) is 5.84 Å². The van der Waals surface area contributed by atoms with Gasteiger partial charge in [-0.3, -0.25) is 4.79 Å². The quantitative estimate of drug-likeness (QED) is 0.339. The Hall–Kier alpha value is -2.59. The predicted molar refractivity (Wildman–Crippen MR) is 137 cm³/mol. The summed E-state index contributed by atoms with van der Waals surface area (Å²) < 4.78 is 0. The first-order chi connectivity index (χ1) is 15.3. The molecule has 0 fully saturated rings. The van der Waals surface area contributed by atoms with Crippen molar-refractivity contribution in [2.24, 2.45) is 17.5 Å². The van der Waals surface area contributed by atoms with E-state index in [0.717, 1.165) is 24.1 Å². The van der Waals surface area contributed by atoms with Gasteiger partial charge in [0.15, 0.2) is 0 Å². The molecule has 0 spiro atoms. The lowest BCUT2D eigenvalue weighted by Crippen LogP contribution is -2.26. The van der Waals surface area contributed by atoms with Gasteiger partial charge in [-0.05, 0) is 61.3 Å². The van der Waals surface area contributed by atoms with Crippen LogP contribution < -0.4 is 11.6 Å². The molecule has 0 aromatic heterocycles. The molecule has 0 radical (unpaired) electrons. The monoisotopic (exact) mass is 437 g/mol. The third-order valence-electron chi connectivity index (χ3n) is 5.96. The van der Waals surface area contributed by atoms with Crippen molar-refractivity contribution in [1.82, 2.24) is 5.01 Å². The van der Waals surface area contributed by atoms with Crippen molar-refractivity contribution in [2.75, 3.05) is 6.54 Å². The van der Waals surface area contributed by atoms with Crippen LogP contribution in [0.15, 0.2) is 60.4 Å². The van der Waals surface area contributed by atoms with Crippen molar-refractivity contribution in [3.05, 3.63) is 82.7 Å². The minimum Gasteiger partial charge on any atom is -0.401 e. The highest BCUT2D eigenvalue weighted by atomic mass is 16.1. The molecule has 2 atom stereocenters. The molecule has 4 heteroatoms. The third kappa shape index (κ3) is 8.51. The van der Waals surface area contributed by atoms with Gasteiger partial charge in [0.1, 0.15) is 5.78 Å². The van der Waals surface area contributed by atoms with Crippen molar-refractivity contribution < 1.29 is 4.79 Å². The van der Waals surface area contributed by atoms with Crippen LogP contribution in [0.2, 0.25) is 0 Å². The molecule has 0 aliphatic carbocycles. The summed E-state index contributed by atoms with van der Waals surface area (Å²) in [6.07, 6.45) is 4.76. The molecule has 2 unspecified atom stereocenters. The fourth-order valence-electron chi connectivity index (χ4n) is 3.88. The first-order valence-corrected chi connectivity index (χ1v) is 12.0. The molecule has 0 amide bonds. The Bertz CT molecular complexity index is 845. The van der Waals surface area contributed by atoms with Crippen LogP contribution in [0.4, 0.5) is 0 Å². The van der Waals surface area contributed by atoms with Crippen LogP contribution in [0.3, 0.4) is 0 Å². The lowest BCUT2D eigenvalue weighted by molar-refractivity contribution is -0.122. The van der Waals surface area contributed by atoms with Crippen molar-refractivity contribution in [3.63, 3.8) is 0 Å². The second-order valence-electron chi connectivity index (χ2n) is 8.14. The van der Waals surface area contributed by atoms with Crippen molar-refractivity contribution in [2.45, 2.75) is 73.1 Å². The lowest BCUT2D eigenvalue weighted by atomic mass is 9.79. The molecular weight excluding hydrogens is 394 g/mol. The topological polar surface area (TPSA) is 72.3 Å². The van der Waals surface area contributed by atoms with Crippen LogP contribution in [0, 0.1) is 12.8 Å². The Morgan fingerprint density at radius 3 is 2.34 bits per heavy atom. The Labute approximate surface area is 195 Å². The van der Waals surface area contributed by atoms with E-state index in [1.165, 1.54) is 16.7 Å². The third-order valence-corrected chi connectivity index (χ3v) is 5.96. The summed E-state index contributed by atoms with van der Waals surface area (Å²) in [4.78, 5) is 13.1.